The molecule has 102 valence electrons. The third-order valence-corrected chi connectivity index (χ3v) is 3.02. The van der Waals surface area contributed by atoms with Crippen molar-refractivity contribution in [3.05, 3.63) is 0 Å². The minimum absolute atomic E-state index is 0.0975. The molecule has 0 bridgehead atoms. The molecule has 1 fully saturated rings. The second-order valence-corrected chi connectivity index (χ2v) is 5.43. The van der Waals surface area contributed by atoms with E-state index in [4.69, 9.17) is 5.11 Å². The predicted molar refractivity (Wildman–Crippen MR) is 64.9 cm³/mol. The standard InChI is InChI=1S/C12H20N2O4/c1-12(2,3)13(8-11(17)18)6-7-14-9(15)4-5-10(14)16/h4-8H2,1-3H3,(H,17,18). The largest absolute Gasteiger partial charge is 0.480 e. The van der Waals surface area contributed by atoms with Gasteiger partial charge in [0.2, 0.25) is 11.8 Å². The van der Waals surface area contributed by atoms with Crippen molar-refractivity contribution < 1.29 is 19.5 Å². The summed E-state index contributed by atoms with van der Waals surface area (Å²) in [5.41, 5.74) is -0.315. The zero-order valence-electron chi connectivity index (χ0n) is 11.1. The molecule has 1 saturated heterocycles. The van der Waals surface area contributed by atoms with Gasteiger partial charge in [-0.15, -0.1) is 0 Å². The molecule has 2 amide bonds. The highest BCUT2D eigenvalue weighted by atomic mass is 16.4. The van der Waals surface area contributed by atoms with Gasteiger partial charge in [-0.2, -0.15) is 0 Å². The normalized spacial score (nSPS) is 16.8. The van der Waals surface area contributed by atoms with E-state index in [0.717, 1.165) is 0 Å². The summed E-state index contributed by atoms with van der Waals surface area (Å²) in [5.74, 6) is -1.24. The molecule has 0 unspecified atom stereocenters. The lowest BCUT2D eigenvalue weighted by Crippen LogP contribution is -2.48. The number of amides is 2. The van der Waals surface area contributed by atoms with Crippen LogP contribution in [-0.2, 0) is 14.4 Å². The first-order valence-corrected chi connectivity index (χ1v) is 6.02. The van der Waals surface area contributed by atoms with Crippen molar-refractivity contribution in [3.8, 4) is 0 Å². The average molecular weight is 256 g/mol. The number of aliphatic carboxylic acids is 1. The summed E-state index contributed by atoms with van der Waals surface area (Å²) in [6.45, 7) is 6.27. The maximum atomic E-state index is 11.4. The Morgan fingerprint density at radius 2 is 1.78 bits per heavy atom. The Bertz CT molecular complexity index is 344. The number of carboxylic acid groups (broad SMARTS) is 1. The molecule has 6 nitrogen and oxygen atoms in total. The second kappa shape index (κ2) is 5.48. The van der Waals surface area contributed by atoms with E-state index in [-0.39, 0.29) is 43.3 Å². The first-order chi connectivity index (χ1) is 8.21. The van der Waals surface area contributed by atoms with Gasteiger partial charge in [0.15, 0.2) is 0 Å². The number of hydrogen-bond donors (Lipinski definition) is 1. The maximum absolute atomic E-state index is 11.4. The summed E-state index contributed by atoms with van der Waals surface area (Å²) in [5, 5.41) is 8.85. The number of carbonyl (C=O) groups is 3. The lowest BCUT2D eigenvalue weighted by Gasteiger charge is -2.35. The van der Waals surface area contributed by atoms with Gasteiger partial charge in [0, 0.05) is 31.5 Å². The van der Waals surface area contributed by atoms with Gasteiger partial charge in [0.1, 0.15) is 0 Å². The Morgan fingerprint density at radius 1 is 1.28 bits per heavy atom. The SMILES string of the molecule is CC(C)(C)N(CCN1C(=O)CCC1=O)CC(=O)O. The molecule has 1 rings (SSSR count). The van der Waals surface area contributed by atoms with Crippen molar-refractivity contribution in [3.63, 3.8) is 0 Å². The molecule has 0 aromatic rings. The topological polar surface area (TPSA) is 77.9 Å². The summed E-state index contributed by atoms with van der Waals surface area (Å²) >= 11 is 0. The van der Waals surface area contributed by atoms with E-state index < -0.39 is 5.97 Å². The van der Waals surface area contributed by atoms with Gasteiger partial charge in [-0.1, -0.05) is 0 Å². The number of nitrogens with zero attached hydrogens (tertiary/aromatic N) is 2. The molecule has 0 aromatic carbocycles. The average Bonchev–Trinajstić information content (AvgIpc) is 2.52. The van der Waals surface area contributed by atoms with Crippen LogP contribution in [0.15, 0.2) is 0 Å². The number of carboxylic acids is 1. The van der Waals surface area contributed by atoms with E-state index in [1.54, 1.807) is 4.90 Å². The van der Waals surface area contributed by atoms with Crippen LogP contribution in [0.25, 0.3) is 0 Å². The van der Waals surface area contributed by atoms with Crippen molar-refractivity contribution in [1.29, 1.82) is 0 Å². The minimum atomic E-state index is -0.913. The molecule has 1 heterocycles. The Morgan fingerprint density at radius 3 is 2.17 bits per heavy atom. The molecule has 0 aliphatic carbocycles. The zero-order valence-corrected chi connectivity index (χ0v) is 11.1. The quantitative estimate of drug-likeness (QED) is 0.717. The van der Waals surface area contributed by atoms with Crippen LogP contribution in [0.1, 0.15) is 33.6 Å². The van der Waals surface area contributed by atoms with Crippen molar-refractivity contribution in [2.75, 3.05) is 19.6 Å². The van der Waals surface area contributed by atoms with Crippen molar-refractivity contribution >= 4 is 17.8 Å². The molecule has 1 aliphatic rings. The van der Waals surface area contributed by atoms with E-state index >= 15 is 0 Å². The number of imide groups is 1. The number of likely N-dealkylation sites (tertiary alicyclic amines) is 1. The lowest BCUT2D eigenvalue weighted by atomic mass is 10.1. The number of rotatable bonds is 5. The third kappa shape index (κ3) is 3.80. The molecule has 0 aromatic heterocycles. The number of hydrogen-bond acceptors (Lipinski definition) is 4. The van der Waals surface area contributed by atoms with Crippen LogP contribution >= 0.6 is 0 Å². The van der Waals surface area contributed by atoms with E-state index in [9.17, 15) is 14.4 Å². The van der Waals surface area contributed by atoms with E-state index in [2.05, 4.69) is 0 Å². The molecule has 0 radical (unpaired) electrons. The highest BCUT2D eigenvalue weighted by molar-refractivity contribution is 6.01. The smallest absolute Gasteiger partial charge is 0.317 e. The molecule has 0 saturated carbocycles. The van der Waals surface area contributed by atoms with E-state index in [0.29, 0.717) is 6.54 Å². The Hall–Kier alpha value is -1.43. The fourth-order valence-electron chi connectivity index (χ4n) is 1.91. The van der Waals surface area contributed by atoms with E-state index in [1.165, 1.54) is 4.90 Å². The molecule has 1 N–H and O–H groups in total. The first kappa shape index (κ1) is 14.6. The van der Waals surface area contributed by atoms with Gasteiger partial charge < -0.3 is 5.11 Å². The highest BCUT2D eigenvalue weighted by Gasteiger charge is 2.30. The molecule has 0 spiro atoms. The Labute approximate surface area is 107 Å². The fraction of sp³-hybridized carbons (Fsp3) is 0.750. The van der Waals surface area contributed by atoms with Gasteiger partial charge in [0.05, 0.1) is 6.54 Å². The molecule has 18 heavy (non-hydrogen) atoms. The van der Waals surface area contributed by atoms with Gasteiger partial charge >= 0.3 is 5.97 Å². The van der Waals surface area contributed by atoms with Crippen LogP contribution in [0.5, 0.6) is 0 Å². The fourth-order valence-corrected chi connectivity index (χ4v) is 1.91. The first-order valence-electron chi connectivity index (χ1n) is 6.02. The Kier molecular flexibility index (Phi) is 4.45. The predicted octanol–water partition coefficient (Wildman–Crippen LogP) is 0.321. The van der Waals surface area contributed by atoms with E-state index in [1.807, 2.05) is 20.8 Å². The van der Waals surface area contributed by atoms with Gasteiger partial charge in [-0.3, -0.25) is 24.2 Å². The van der Waals surface area contributed by atoms with Crippen molar-refractivity contribution in [2.45, 2.75) is 39.2 Å². The highest BCUT2D eigenvalue weighted by Crippen LogP contribution is 2.15. The minimum Gasteiger partial charge on any atom is -0.480 e. The molecule has 1 aliphatic heterocycles. The third-order valence-electron chi connectivity index (χ3n) is 3.02. The monoisotopic (exact) mass is 256 g/mol. The van der Waals surface area contributed by atoms with Crippen LogP contribution in [0.3, 0.4) is 0 Å². The summed E-state index contributed by atoms with van der Waals surface area (Å²) in [7, 11) is 0. The van der Waals surface area contributed by atoms with Crippen molar-refractivity contribution in [1.82, 2.24) is 9.80 Å². The summed E-state index contributed by atoms with van der Waals surface area (Å²) in [6.07, 6.45) is 0.542. The molecular formula is C12H20N2O4. The van der Waals surface area contributed by atoms with Gasteiger partial charge in [-0.25, -0.2) is 0 Å². The molecular weight excluding hydrogens is 236 g/mol. The molecule has 6 heteroatoms. The lowest BCUT2D eigenvalue weighted by molar-refractivity contribution is -0.140. The van der Waals surface area contributed by atoms with Crippen LogP contribution in [0.2, 0.25) is 0 Å². The summed E-state index contributed by atoms with van der Waals surface area (Å²) in [6, 6.07) is 0. The van der Waals surface area contributed by atoms with Crippen LogP contribution in [0.4, 0.5) is 0 Å². The van der Waals surface area contributed by atoms with Gasteiger partial charge in [-0.05, 0) is 20.8 Å². The number of carbonyl (C=O) groups excluding carboxylic acids is 2. The zero-order chi connectivity index (χ0) is 13.9. The summed E-state index contributed by atoms with van der Waals surface area (Å²) < 4.78 is 0. The summed E-state index contributed by atoms with van der Waals surface area (Å²) in [4.78, 5) is 36.6. The van der Waals surface area contributed by atoms with Crippen LogP contribution in [-0.4, -0.2) is 57.9 Å². The van der Waals surface area contributed by atoms with Crippen LogP contribution in [0, 0.1) is 0 Å². The van der Waals surface area contributed by atoms with Crippen LogP contribution < -0.4 is 0 Å². The Balaban J connectivity index is 2.59. The molecule has 0 atom stereocenters. The van der Waals surface area contributed by atoms with Crippen molar-refractivity contribution in [2.24, 2.45) is 0 Å². The maximum Gasteiger partial charge on any atom is 0.317 e. The van der Waals surface area contributed by atoms with Gasteiger partial charge in [0.25, 0.3) is 0 Å². The second-order valence-electron chi connectivity index (χ2n) is 5.43.